The van der Waals surface area contributed by atoms with E-state index in [0.29, 0.717) is 18.2 Å². The van der Waals surface area contributed by atoms with Crippen LogP contribution in [0.15, 0.2) is 42.5 Å². The van der Waals surface area contributed by atoms with Crippen molar-refractivity contribution in [3.05, 3.63) is 59.2 Å². The Labute approximate surface area is 229 Å². The van der Waals surface area contributed by atoms with Crippen LogP contribution in [0.3, 0.4) is 0 Å². The van der Waals surface area contributed by atoms with Gasteiger partial charge in [-0.1, -0.05) is 50.0 Å². The molecule has 0 bridgehead atoms. The molecule has 2 rings (SSSR count). The monoisotopic (exact) mass is 630 g/mol. The number of benzene rings is 2. The first-order valence-corrected chi connectivity index (χ1v) is 15.6. The van der Waals surface area contributed by atoms with E-state index in [1.165, 1.54) is 0 Å². The third-order valence-corrected chi connectivity index (χ3v) is 7.66. The van der Waals surface area contributed by atoms with E-state index in [0.717, 1.165) is 30.3 Å². The van der Waals surface area contributed by atoms with Crippen LogP contribution in [-0.2, 0) is 15.1 Å². The van der Waals surface area contributed by atoms with Crippen molar-refractivity contribution >= 4 is 19.7 Å². The molecule has 0 fully saturated rings. The zero-order valence-electron chi connectivity index (χ0n) is 21.2. The lowest BCUT2D eigenvalue weighted by molar-refractivity contribution is -0.401. The van der Waals surface area contributed by atoms with Crippen molar-refractivity contribution in [2.24, 2.45) is 0 Å². The Hall–Kier alpha value is -2.23. The highest BCUT2D eigenvalue weighted by Crippen LogP contribution is 2.53. The molecule has 0 heterocycles. The molecule has 40 heavy (non-hydrogen) atoms. The predicted octanol–water partition coefficient (Wildman–Crippen LogP) is 8.87. The van der Waals surface area contributed by atoms with Crippen LogP contribution in [-0.4, -0.2) is 47.0 Å². The summed E-state index contributed by atoms with van der Waals surface area (Å²) in [6.45, 7) is -2.36. The summed E-state index contributed by atoms with van der Waals surface area (Å²) in [4.78, 5) is 0. The summed E-state index contributed by atoms with van der Waals surface area (Å²) in [6, 6.07) is 5.96. The van der Waals surface area contributed by atoms with Gasteiger partial charge in [-0.25, -0.2) is 0 Å². The van der Waals surface area contributed by atoms with Crippen LogP contribution < -0.4 is 9.47 Å². The fourth-order valence-corrected chi connectivity index (χ4v) is 4.48. The van der Waals surface area contributed by atoms with Gasteiger partial charge in [0.2, 0.25) is 0 Å². The van der Waals surface area contributed by atoms with Crippen LogP contribution in [0.25, 0.3) is 0 Å². The lowest BCUT2D eigenvalue weighted by Crippen LogP contribution is -2.56. The van der Waals surface area contributed by atoms with E-state index in [2.05, 4.69) is 14.2 Å². The molecule has 0 aliphatic heterocycles. The van der Waals surface area contributed by atoms with Crippen molar-refractivity contribution in [2.45, 2.75) is 62.2 Å². The highest BCUT2D eigenvalue weighted by Gasteiger charge is 2.73. The van der Waals surface area contributed by atoms with Crippen molar-refractivity contribution in [3.63, 3.8) is 0 Å². The number of alkyl halides is 11. The first-order valence-electron chi connectivity index (χ1n) is 11.4. The van der Waals surface area contributed by atoms with E-state index in [1.54, 1.807) is 0 Å². The summed E-state index contributed by atoms with van der Waals surface area (Å²) in [5, 5.41) is -1.33. The quantitative estimate of drug-likeness (QED) is 0.0729. The van der Waals surface area contributed by atoms with Crippen molar-refractivity contribution in [2.75, 3.05) is 13.4 Å². The summed E-state index contributed by atoms with van der Waals surface area (Å²) in [5.41, 5.74) is -6.15. The number of hydrogen-bond donors (Lipinski definition) is 0. The Kier molecular flexibility index (Phi) is 11.2. The molecule has 16 heteroatoms. The summed E-state index contributed by atoms with van der Waals surface area (Å²) < 4.78 is 152. The van der Waals surface area contributed by atoms with Gasteiger partial charge >= 0.3 is 25.6 Å². The Morgan fingerprint density at radius 3 is 1.73 bits per heavy atom. The van der Waals surface area contributed by atoms with E-state index in [4.69, 9.17) is 16.3 Å². The molecular formula is C24H25ClF10O4Si. The SMILES string of the molecule is C[Si](C)(C)CCOCOC(c1ccc(C(Cl)c2ccc(OC(F)F)c(OC(F)F)c2)cc1)(C(F)(F)F)C(F)(F)F. The van der Waals surface area contributed by atoms with Crippen molar-refractivity contribution in [1.82, 2.24) is 0 Å². The van der Waals surface area contributed by atoms with Crippen molar-refractivity contribution < 1.29 is 62.9 Å². The molecule has 1 unspecified atom stereocenters. The predicted molar refractivity (Wildman–Crippen MR) is 128 cm³/mol. The highest BCUT2D eigenvalue weighted by atomic mass is 35.5. The highest BCUT2D eigenvalue weighted by molar-refractivity contribution is 6.76. The van der Waals surface area contributed by atoms with E-state index >= 15 is 0 Å². The van der Waals surface area contributed by atoms with Crippen LogP contribution in [0.2, 0.25) is 25.7 Å². The van der Waals surface area contributed by atoms with Crippen LogP contribution in [0.5, 0.6) is 11.5 Å². The second-order valence-corrected chi connectivity index (χ2v) is 15.7. The minimum absolute atomic E-state index is 0.0550. The van der Waals surface area contributed by atoms with Crippen molar-refractivity contribution in [3.8, 4) is 11.5 Å². The third kappa shape index (κ3) is 8.63. The zero-order chi connectivity index (χ0) is 30.5. The smallest absolute Gasteiger partial charge is 0.430 e. The molecule has 0 radical (unpaired) electrons. The molecule has 0 aromatic heterocycles. The molecule has 0 amide bonds. The molecule has 0 saturated carbocycles. The molecule has 2 aromatic carbocycles. The first-order chi connectivity index (χ1) is 18.3. The fraction of sp³-hybridized carbons (Fsp3) is 0.500. The van der Waals surface area contributed by atoms with Gasteiger partial charge in [0.25, 0.3) is 5.60 Å². The van der Waals surface area contributed by atoms with Crippen molar-refractivity contribution in [1.29, 1.82) is 0 Å². The average Bonchev–Trinajstić information content (AvgIpc) is 2.79. The Morgan fingerprint density at radius 2 is 1.25 bits per heavy atom. The Bertz CT molecular complexity index is 1080. The van der Waals surface area contributed by atoms with Gasteiger partial charge in [0.1, 0.15) is 6.79 Å². The topological polar surface area (TPSA) is 36.9 Å². The van der Waals surface area contributed by atoms with Gasteiger partial charge in [0, 0.05) is 20.2 Å². The molecule has 0 saturated heterocycles. The Morgan fingerprint density at radius 1 is 0.750 bits per heavy atom. The third-order valence-electron chi connectivity index (χ3n) is 5.46. The molecule has 226 valence electrons. The van der Waals surface area contributed by atoms with E-state index < -0.39 is 68.5 Å². The molecule has 0 aliphatic rings. The number of rotatable bonds is 13. The number of ether oxygens (including phenoxy) is 4. The minimum atomic E-state index is -5.95. The average molecular weight is 631 g/mol. The summed E-state index contributed by atoms with van der Waals surface area (Å²) >= 11 is 6.28. The molecule has 0 aliphatic carbocycles. The summed E-state index contributed by atoms with van der Waals surface area (Å²) in [7, 11) is -1.68. The lowest BCUT2D eigenvalue weighted by atomic mass is 9.90. The van der Waals surface area contributed by atoms with Gasteiger partial charge in [-0.15, -0.1) is 11.6 Å². The van der Waals surface area contributed by atoms with Gasteiger partial charge in [0.05, 0.1) is 5.38 Å². The van der Waals surface area contributed by atoms with Crippen LogP contribution in [0.4, 0.5) is 43.9 Å². The molecule has 4 nitrogen and oxygen atoms in total. The maximum atomic E-state index is 14.0. The first kappa shape index (κ1) is 34.0. The van der Waals surface area contributed by atoms with Gasteiger partial charge in [-0.05, 0) is 29.3 Å². The van der Waals surface area contributed by atoms with Crippen LogP contribution in [0, 0.1) is 0 Å². The molecule has 1 atom stereocenters. The summed E-state index contributed by atoms with van der Waals surface area (Å²) in [5.74, 6) is -1.56. The second-order valence-electron chi connectivity index (χ2n) is 9.61. The van der Waals surface area contributed by atoms with Crippen LogP contribution in [0.1, 0.15) is 22.1 Å². The van der Waals surface area contributed by atoms with E-state index in [-0.39, 0.29) is 17.7 Å². The molecule has 0 spiro atoms. The maximum absolute atomic E-state index is 14.0. The molecule has 0 N–H and O–H groups in total. The fourth-order valence-electron chi connectivity index (χ4n) is 3.45. The minimum Gasteiger partial charge on any atom is -0.431 e. The van der Waals surface area contributed by atoms with Crippen LogP contribution >= 0.6 is 11.6 Å². The van der Waals surface area contributed by atoms with Gasteiger partial charge in [0.15, 0.2) is 11.5 Å². The van der Waals surface area contributed by atoms with Gasteiger partial charge < -0.3 is 18.9 Å². The Balaban J connectivity index is 2.40. The second kappa shape index (κ2) is 13.2. The van der Waals surface area contributed by atoms with E-state index in [1.807, 2.05) is 19.6 Å². The molecule has 2 aromatic rings. The lowest BCUT2D eigenvalue weighted by Gasteiger charge is -2.37. The normalized spacial score (nSPS) is 14.1. The summed E-state index contributed by atoms with van der Waals surface area (Å²) in [6.07, 6.45) is -11.9. The number of halogens is 11. The molecular weight excluding hydrogens is 606 g/mol. The zero-order valence-corrected chi connectivity index (χ0v) is 22.9. The number of hydrogen-bond acceptors (Lipinski definition) is 4. The standard InChI is InChI=1S/C24H25ClF10O4Si/c1-40(2,3)11-10-36-13-37-22(23(30,31)32,24(33,34)35)16-7-4-14(5-8-16)19(25)15-6-9-17(38-20(26)27)18(12-15)39-21(28)29/h4-9,12,19-21H,10-11,13H2,1-3H3. The van der Waals surface area contributed by atoms with Gasteiger partial charge in [-0.3, -0.25) is 0 Å². The van der Waals surface area contributed by atoms with Gasteiger partial charge in [-0.2, -0.15) is 43.9 Å². The largest absolute Gasteiger partial charge is 0.431 e. The van der Waals surface area contributed by atoms with E-state index in [9.17, 15) is 43.9 Å². The maximum Gasteiger partial charge on any atom is 0.430 e.